The molecule has 1 fully saturated rings. The van der Waals surface area contributed by atoms with Crippen LogP contribution in [0.15, 0.2) is 53.4 Å². The van der Waals surface area contributed by atoms with Crippen LogP contribution in [-0.4, -0.2) is 45.0 Å². The van der Waals surface area contributed by atoms with Gasteiger partial charge in [-0.25, -0.2) is 12.8 Å². The molecule has 2 aromatic carbocycles. The molecule has 30 heavy (non-hydrogen) atoms. The first-order chi connectivity index (χ1) is 14.3. The van der Waals surface area contributed by atoms with E-state index in [2.05, 4.69) is 0 Å². The second-order valence-electron chi connectivity index (χ2n) is 7.57. The summed E-state index contributed by atoms with van der Waals surface area (Å²) in [5.41, 5.74) is 0.259. The molecule has 0 saturated carbocycles. The number of methoxy groups -OCH3 is 1. The van der Waals surface area contributed by atoms with E-state index in [4.69, 9.17) is 4.74 Å². The summed E-state index contributed by atoms with van der Waals surface area (Å²) in [7, 11) is -2.69. The zero-order valence-electron chi connectivity index (χ0n) is 17.4. The van der Waals surface area contributed by atoms with Gasteiger partial charge in [0.25, 0.3) is 10.0 Å². The van der Waals surface area contributed by atoms with Crippen LogP contribution in [-0.2, 0) is 14.8 Å². The molecule has 0 bridgehead atoms. The molecule has 6 nitrogen and oxygen atoms in total. The Morgan fingerprint density at radius 1 is 1.10 bits per heavy atom. The van der Waals surface area contributed by atoms with Crippen LogP contribution < -0.4 is 9.04 Å². The number of hydrogen-bond acceptors (Lipinski definition) is 4. The average molecular weight is 435 g/mol. The number of piperidine rings is 1. The molecule has 1 amide bonds. The smallest absolute Gasteiger partial charge is 0.264 e. The third kappa shape index (κ3) is 4.43. The molecule has 0 aromatic heterocycles. The molecule has 2 unspecified atom stereocenters. The van der Waals surface area contributed by atoms with Gasteiger partial charge in [0.1, 0.15) is 18.1 Å². The Labute approximate surface area is 177 Å². The molecule has 8 heteroatoms. The van der Waals surface area contributed by atoms with E-state index in [1.807, 2.05) is 13.8 Å². The van der Waals surface area contributed by atoms with E-state index in [0.717, 1.165) is 35.7 Å². The number of sulfonamides is 1. The lowest BCUT2D eigenvalue weighted by atomic mass is 9.97. The van der Waals surface area contributed by atoms with Crippen LogP contribution in [0.3, 0.4) is 0 Å². The number of amides is 1. The maximum Gasteiger partial charge on any atom is 0.264 e. The number of ether oxygens (including phenoxy) is 1. The molecule has 2 atom stereocenters. The lowest BCUT2D eigenvalue weighted by Crippen LogP contribution is -2.52. The second kappa shape index (κ2) is 9.04. The SMILES string of the molecule is COc1ccccc1N(CC(=O)N1C(C)CCCC1C)S(=O)(=O)c1ccc(F)cc1. The minimum atomic E-state index is -4.13. The van der Waals surface area contributed by atoms with Crippen LogP contribution in [0.1, 0.15) is 33.1 Å². The number of rotatable bonds is 6. The Morgan fingerprint density at radius 2 is 1.70 bits per heavy atom. The van der Waals surface area contributed by atoms with Crippen molar-refractivity contribution in [2.24, 2.45) is 0 Å². The van der Waals surface area contributed by atoms with Crippen LogP contribution in [0.25, 0.3) is 0 Å². The Kier molecular flexibility index (Phi) is 6.65. The number of halogens is 1. The molecular formula is C22H27FN2O4S. The van der Waals surface area contributed by atoms with Crippen molar-refractivity contribution in [1.29, 1.82) is 0 Å². The van der Waals surface area contributed by atoms with Crippen LogP contribution in [0.2, 0.25) is 0 Å². The highest BCUT2D eigenvalue weighted by Crippen LogP contribution is 2.33. The lowest BCUT2D eigenvalue weighted by molar-refractivity contribution is -0.135. The third-order valence-electron chi connectivity index (χ3n) is 5.52. The number of hydrogen-bond donors (Lipinski definition) is 0. The molecule has 2 aromatic rings. The lowest BCUT2D eigenvalue weighted by Gasteiger charge is -2.40. The maximum atomic E-state index is 13.5. The molecule has 0 N–H and O–H groups in total. The Bertz CT molecular complexity index is 984. The molecular weight excluding hydrogens is 407 g/mol. The van der Waals surface area contributed by atoms with E-state index >= 15 is 0 Å². The van der Waals surface area contributed by atoms with E-state index in [1.54, 1.807) is 29.2 Å². The van der Waals surface area contributed by atoms with E-state index in [0.29, 0.717) is 5.75 Å². The molecule has 0 aliphatic carbocycles. The summed E-state index contributed by atoms with van der Waals surface area (Å²) in [6.07, 6.45) is 2.81. The van der Waals surface area contributed by atoms with Crippen molar-refractivity contribution in [2.45, 2.75) is 50.1 Å². The van der Waals surface area contributed by atoms with Crippen LogP contribution in [0.4, 0.5) is 10.1 Å². The fourth-order valence-electron chi connectivity index (χ4n) is 3.99. The van der Waals surface area contributed by atoms with E-state index in [1.165, 1.54) is 19.2 Å². The highest BCUT2D eigenvalue weighted by molar-refractivity contribution is 7.92. The molecule has 1 aliphatic heterocycles. The summed E-state index contributed by atoms with van der Waals surface area (Å²) in [5.74, 6) is -0.480. The third-order valence-corrected chi connectivity index (χ3v) is 7.29. The van der Waals surface area contributed by atoms with Gasteiger partial charge in [-0.15, -0.1) is 0 Å². The Morgan fingerprint density at radius 3 is 2.30 bits per heavy atom. The molecule has 0 spiro atoms. The summed E-state index contributed by atoms with van der Waals surface area (Å²) >= 11 is 0. The van der Waals surface area contributed by atoms with Gasteiger partial charge in [-0.3, -0.25) is 9.10 Å². The van der Waals surface area contributed by atoms with Crippen molar-refractivity contribution >= 4 is 21.6 Å². The first-order valence-electron chi connectivity index (χ1n) is 9.98. The molecule has 1 saturated heterocycles. The van der Waals surface area contributed by atoms with Crippen molar-refractivity contribution in [3.63, 3.8) is 0 Å². The zero-order chi connectivity index (χ0) is 21.9. The predicted octanol–water partition coefficient (Wildman–Crippen LogP) is 3.82. The fraction of sp³-hybridized carbons (Fsp3) is 0.409. The average Bonchev–Trinajstić information content (AvgIpc) is 2.72. The van der Waals surface area contributed by atoms with Crippen molar-refractivity contribution in [2.75, 3.05) is 18.0 Å². The largest absolute Gasteiger partial charge is 0.495 e. The van der Waals surface area contributed by atoms with Crippen LogP contribution >= 0.6 is 0 Å². The van der Waals surface area contributed by atoms with Gasteiger partial charge in [-0.05, 0) is 69.5 Å². The number of nitrogens with zero attached hydrogens (tertiary/aromatic N) is 2. The van der Waals surface area contributed by atoms with Gasteiger partial charge in [0.05, 0.1) is 17.7 Å². The second-order valence-corrected chi connectivity index (χ2v) is 9.43. The summed E-state index contributed by atoms with van der Waals surface area (Å²) < 4.78 is 46.7. The zero-order valence-corrected chi connectivity index (χ0v) is 18.2. The first kappa shape index (κ1) is 22.1. The monoisotopic (exact) mass is 434 g/mol. The standard InChI is InChI=1S/C22H27FN2O4S/c1-16-7-6-8-17(2)25(16)22(26)15-24(20-9-4-5-10-21(20)29-3)30(27,28)19-13-11-18(23)12-14-19/h4-5,9-14,16-17H,6-8,15H2,1-3H3. The molecule has 0 radical (unpaired) electrons. The number of para-hydroxylation sites is 2. The van der Waals surface area contributed by atoms with Gasteiger partial charge in [-0.2, -0.15) is 0 Å². The Hall–Kier alpha value is -2.61. The minimum absolute atomic E-state index is 0.0364. The number of likely N-dealkylation sites (tertiary alicyclic amines) is 1. The van der Waals surface area contributed by atoms with Gasteiger partial charge in [-0.1, -0.05) is 12.1 Å². The number of anilines is 1. The Balaban J connectivity index is 2.04. The van der Waals surface area contributed by atoms with Crippen LogP contribution in [0, 0.1) is 5.82 Å². The number of benzene rings is 2. The number of carbonyl (C=O) groups excluding carboxylic acids is 1. The molecule has 1 aliphatic rings. The van der Waals surface area contributed by atoms with E-state index in [9.17, 15) is 17.6 Å². The van der Waals surface area contributed by atoms with Crippen molar-refractivity contribution in [3.05, 3.63) is 54.3 Å². The number of carbonyl (C=O) groups is 1. The fourth-order valence-corrected chi connectivity index (χ4v) is 5.41. The van der Waals surface area contributed by atoms with Gasteiger partial charge in [0.2, 0.25) is 5.91 Å². The molecule has 3 rings (SSSR count). The first-order valence-corrected chi connectivity index (χ1v) is 11.4. The van der Waals surface area contributed by atoms with Gasteiger partial charge < -0.3 is 9.64 Å². The summed E-state index contributed by atoms with van der Waals surface area (Å²) in [4.78, 5) is 14.9. The van der Waals surface area contributed by atoms with Crippen molar-refractivity contribution in [1.82, 2.24) is 4.90 Å². The van der Waals surface area contributed by atoms with E-state index in [-0.39, 0.29) is 35.1 Å². The maximum absolute atomic E-state index is 13.5. The van der Waals surface area contributed by atoms with Crippen molar-refractivity contribution < 1.29 is 22.3 Å². The van der Waals surface area contributed by atoms with Crippen LogP contribution in [0.5, 0.6) is 5.75 Å². The van der Waals surface area contributed by atoms with Gasteiger partial charge >= 0.3 is 0 Å². The normalized spacial score (nSPS) is 19.4. The minimum Gasteiger partial charge on any atom is -0.495 e. The summed E-state index contributed by atoms with van der Waals surface area (Å²) in [6, 6.07) is 11.3. The predicted molar refractivity (Wildman–Crippen MR) is 114 cm³/mol. The van der Waals surface area contributed by atoms with Gasteiger partial charge in [0, 0.05) is 12.1 Å². The quantitative estimate of drug-likeness (QED) is 0.693. The molecule has 1 heterocycles. The van der Waals surface area contributed by atoms with E-state index < -0.39 is 15.8 Å². The molecule has 162 valence electrons. The topological polar surface area (TPSA) is 66.9 Å². The highest BCUT2D eigenvalue weighted by Gasteiger charge is 2.34. The highest BCUT2D eigenvalue weighted by atomic mass is 32.2. The van der Waals surface area contributed by atoms with Crippen molar-refractivity contribution in [3.8, 4) is 5.75 Å². The van der Waals surface area contributed by atoms with Gasteiger partial charge in [0.15, 0.2) is 0 Å². The summed E-state index contributed by atoms with van der Waals surface area (Å²) in [5, 5.41) is 0. The summed E-state index contributed by atoms with van der Waals surface area (Å²) in [6.45, 7) is 3.60.